The number of carbonyl (C=O) groups is 1. The Hall–Kier alpha value is -4.76. The van der Waals surface area contributed by atoms with Gasteiger partial charge in [0.05, 0.1) is 25.0 Å². The van der Waals surface area contributed by atoms with E-state index < -0.39 is 5.91 Å². The molecule has 0 radical (unpaired) electrons. The fraction of sp³-hybridized carbons (Fsp3) is 0.161. The lowest BCUT2D eigenvalue weighted by Gasteiger charge is -2.11. The smallest absolute Gasteiger partial charge is 0.263 e. The number of benzene rings is 3. The number of amides is 1. The molecule has 0 aliphatic rings. The molecule has 2 aromatic heterocycles. The van der Waals surface area contributed by atoms with Crippen molar-refractivity contribution in [3.8, 4) is 22.6 Å². The third-order valence-corrected chi connectivity index (χ3v) is 7.35. The Morgan fingerprint density at radius 1 is 1.05 bits per heavy atom. The zero-order chi connectivity index (χ0) is 28.1. The van der Waals surface area contributed by atoms with E-state index in [9.17, 15) is 9.59 Å². The second-order valence-electron chi connectivity index (χ2n) is 9.23. The lowest BCUT2D eigenvalue weighted by molar-refractivity contribution is -0.121. The molecule has 1 N–H and O–H groups in total. The van der Waals surface area contributed by atoms with E-state index in [4.69, 9.17) is 9.47 Å². The molecule has 9 heteroatoms. The summed E-state index contributed by atoms with van der Waals surface area (Å²) in [5.41, 5.74) is 6.97. The normalized spacial score (nSPS) is 11.2. The minimum absolute atomic E-state index is 0.211. The van der Waals surface area contributed by atoms with Gasteiger partial charge in [-0.3, -0.25) is 14.2 Å². The van der Waals surface area contributed by atoms with Gasteiger partial charge in [0.2, 0.25) is 0 Å². The van der Waals surface area contributed by atoms with Gasteiger partial charge in [0.25, 0.3) is 11.5 Å². The Morgan fingerprint density at radius 2 is 1.82 bits per heavy atom. The van der Waals surface area contributed by atoms with Crippen molar-refractivity contribution in [3.05, 3.63) is 111 Å². The monoisotopic (exact) mass is 552 g/mol. The Kier molecular flexibility index (Phi) is 8.02. The summed E-state index contributed by atoms with van der Waals surface area (Å²) in [5, 5.41) is 4.57. The van der Waals surface area contributed by atoms with Crippen LogP contribution in [0.5, 0.6) is 11.5 Å². The molecule has 0 saturated heterocycles. The molecule has 5 rings (SSSR count). The first-order valence-corrected chi connectivity index (χ1v) is 13.5. The standard InChI is InChI=1S/C31H28N4O4S/c1-20-9-11-22(12-10-20)18-39-25-14-13-23(15-26(25)38-3)16-33-34-27(36)17-35-19-32-30-29(31(35)37)28(21(2)40-30)24-7-5-4-6-8-24/h4-16,19H,17-18H2,1-3H3,(H,34,36)/b33-16+. The summed E-state index contributed by atoms with van der Waals surface area (Å²) in [6.45, 7) is 4.21. The Labute approximate surface area is 235 Å². The van der Waals surface area contributed by atoms with Crippen LogP contribution < -0.4 is 20.5 Å². The number of nitrogens with one attached hydrogen (secondary N) is 1. The van der Waals surface area contributed by atoms with E-state index in [0.29, 0.717) is 33.9 Å². The van der Waals surface area contributed by atoms with Crippen LogP contribution in [0, 0.1) is 13.8 Å². The first-order chi connectivity index (χ1) is 19.4. The first-order valence-electron chi connectivity index (χ1n) is 12.6. The van der Waals surface area contributed by atoms with E-state index in [2.05, 4.69) is 15.5 Å². The number of aromatic nitrogens is 2. The maximum atomic E-state index is 13.3. The van der Waals surface area contributed by atoms with Crippen molar-refractivity contribution in [1.82, 2.24) is 15.0 Å². The molecule has 0 aliphatic carbocycles. The number of nitrogens with zero attached hydrogens (tertiary/aromatic N) is 3. The van der Waals surface area contributed by atoms with Gasteiger partial charge in [-0.15, -0.1) is 11.3 Å². The van der Waals surface area contributed by atoms with E-state index >= 15 is 0 Å². The SMILES string of the molecule is COc1cc(/C=N/NC(=O)Cn2cnc3sc(C)c(-c4ccccc4)c3c2=O)ccc1OCc1ccc(C)cc1. The van der Waals surface area contributed by atoms with Gasteiger partial charge in [-0.25, -0.2) is 10.4 Å². The van der Waals surface area contributed by atoms with E-state index in [0.717, 1.165) is 21.6 Å². The van der Waals surface area contributed by atoms with Gasteiger partial charge >= 0.3 is 0 Å². The minimum atomic E-state index is -0.447. The van der Waals surface area contributed by atoms with Crippen molar-refractivity contribution in [2.75, 3.05) is 7.11 Å². The first kappa shape index (κ1) is 26.8. The second-order valence-corrected chi connectivity index (χ2v) is 10.4. The predicted molar refractivity (Wildman–Crippen MR) is 158 cm³/mol. The van der Waals surface area contributed by atoms with Gasteiger partial charge in [-0.1, -0.05) is 60.2 Å². The Balaban J connectivity index is 1.25. The number of hydrazone groups is 1. The van der Waals surface area contributed by atoms with Crippen LogP contribution in [0.1, 0.15) is 21.6 Å². The van der Waals surface area contributed by atoms with Crippen LogP contribution in [0.2, 0.25) is 0 Å². The lowest BCUT2D eigenvalue weighted by Crippen LogP contribution is -2.30. The summed E-state index contributed by atoms with van der Waals surface area (Å²) >= 11 is 1.47. The molecule has 40 heavy (non-hydrogen) atoms. The van der Waals surface area contributed by atoms with E-state index in [1.54, 1.807) is 19.2 Å². The number of ether oxygens (including phenoxy) is 2. The number of hydrogen-bond donors (Lipinski definition) is 1. The third-order valence-electron chi connectivity index (χ3n) is 6.34. The fourth-order valence-electron chi connectivity index (χ4n) is 4.30. The lowest BCUT2D eigenvalue weighted by atomic mass is 10.0. The van der Waals surface area contributed by atoms with Gasteiger partial charge in [0.15, 0.2) is 11.5 Å². The van der Waals surface area contributed by atoms with Crippen molar-refractivity contribution >= 4 is 33.7 Å². The quantitative estimate of drug-likeness (QED) is 0.193. The number of methoxy groups -OCH3 is 1. The van der Waals surface area contributed by atoms with Gasteiger partial charge in [0, 0.05) is 10.4 Å². The van der Waals surface area contributed by atoms with Crippen LogP contribution in [0.25, 0.3) is 21.3 Å². The average molecular weight is 553 g/mol. The largest absolute Gasteiger partial charge is 0.493 e. The van der Waals surface area contributed by atoms with Gasteiger partial charge < -0.3 is 9.47 Å². The minimum Gasteiger partial charge on any atom is -0.493 e. The molecule has 0 atom stereocenters. The second kappa shape index (κ2) is 12.0. The van der Waals surface area contributed by atoms with Gasteiger partial charge in [-0.2, -0.15) is 5.10 Å². The highest BCUT2D eigenvalue weighted by molar-refractivity contribution is 7.19. The van der Waals surface area contributed by atoms with Gasteiger partial charge in [0.1, 0.15) is 18.0 Å². The van der Waals surface area contributed by atoms with Crippen LogP contribution in [0.4, 0.5) is 0 Å². The fourth-order valence-corrected chi connectivity index (χ4v) is 5.30. The zero-order valence-corrected chi connectivity index (χ0v) is 23.2. The highest BCUT2D eigenvalue weighted by atomic mass is 32.1. The Bertz CT molecular complexity index is 1740. The maximum Gasteiger partial charge on any atom is 0.263 e. The molecule has 0 fully saturated rings. The van der Waals surface area contributed by atoms with Crippen molar-refractivity contribution < 1.29 is 14.3 Å². The third kappa shape index (κ3) is 5.94. The van der Waals surface area contributed by atoms with Crippen molar-refractivity contribution in [1.29, 1.82) is 0 Å². The highest BCUT2D eigenvalue weighted by Gasteiger charge is 2.17. The molecule has 2 heterocycles. The topological polar surface area (TPSA) is 94.8 Å². The highest BCUT2D eigenvalue weighted by Crippen LogP contribution is 2.35. The van der Waals surface area contributed by atoms with E-state index in [1.165, 1.54) is 34.0 Å². The molecule has 0 unspecified atom stereocenters. The van der Waals surface area contributed by atoms with Crippen LogP contribution in [0.3, 0.4) is 0 Å². The number of rotatable bonds is 9. The molecule has 3 aromatic carbocycles. The van der Waals surface area contributed by atoms with Crippen LogP contribution in [-0.4, -0.2) is 28.8 Å². The molecule has 8 nitrogen and oxygen atoms in total. The van der Waals surface area contributed by atoms with E-state index in [-0.39, 0.29) is 12.1 Å². The summed E-state index contributed by atoms with van der Waals surface area (Å²) < 4.78 is 12.7. The summed E-state index contributed by atoms with van der Waals surface area (Å²) in [6.07, 6.45) is 2.91. The zero-order valence-electron chi connectivity index (χ0n) is 22.4. The van der Waals surface area contributed by atoms with Gasteiger partial charge in [-0.05, 0) is 48.7 Å². The van der Waals surface area contributed by atoms with Crippen molar-refractivity contribution in [2.45, 2.75) is 27.0 Å². The van der Waals surface area contributed by atoms with E-state index in [1.807, 2.05) is 74.5 Å². The summed E-state index contributed by atoms with van der Waals surface area (Å²) in [5.74, 6) is 0.705. The number of hydrogen-bond acceptors (Lipinski definition) is 7. The number of thiophene rings is 1. The number of aryl methyl sites for hydroxylation is 2. The predicted octanol–water partition coefficient (Wildman–Crippen LogP) is 5.48. The molecule has 202 valence electrons. The van der Waals surface area contributed by atoms with Crippen molar-refractivity contribution in [2.24, 2.45) is 5.10 Å². The molecular formula is C31H28N4O4S. The van der Waals surface area contributed by atoms with Crippen molar-refractivity contribution in [3.63, 3.8) is 0 Å². The molecule has 0 bridgehead atoms. The Morgan fingerprint density at radius 3 is 2.58 bits per heavy atom. The summed E-state index contributed by atoms with van der Waals surface area (Å²) in [4.78, 5) is 32.0. The maximum absolute atomic E-state index is 13.3. The molecule has 0 spiro atoms. The number of fused-ring (bicyclic) bond motifs is 1. The van der Waals surface area contributed by atoms with Crippen LogP contribution in [-0.2, 0) is 17.9 Å². The molecule has 5 aromatic rings. The van der Waals surface area contributed by atoms with Crippen LogP contribution >= 0.6 is 11.3 Å². The molecule has 1 amide bonds. The molecule has 0 aliphatic heterocycles. The van der Waals surface area contributed by atoms with Crippen LogP contribution in [0.15, 0.2) is 89.0 Å². The number of carbonyl (C=O) groups excluding carboxylic acids is 1. The summed E-state index contributed by atoms with van der Waals surface area (Å²) in [6, 6.07) is 23.2. The average Bonchev–Trinajstić information content (AvgIpc) is 3.31. The molecule has 0 saturated carbocycles. The molecular weight excluding hydrogens is 524 g/mol. The summed E-state index contributed by atoms with van der Waals surface area (Å²) in [7, 11) is 1.57.